The Labute approximate surface area is 158 Å². The Morgan fingerprint density at radius 2 is 1.88 bits per heavy atom. The number of carbonyl (C=O) groups excluding carboxylic acids is 1. The molecule has 8 heteroatoms. The van der Waals surface area contributed by atoms with Crippen LogP contribution in [-0.4, -0.2) is 37.8 Å². The summed E-state index contributed by atoms with van der Waals surface area (Å²) in [6.07, 6.45) is 6.00. The third kappa shape index (κ3) is 4.38. The number of piperidine rings is 1. The molecule has 1 amide bonds. The van der Waals surface area contributed by atoms with Gasteiger partial charge in [-0.15, -0.1) is 11.3 Å². The third-order valence-electron chi connectivity index (χ3n) is 5.46. The fraction of sp³-hybridized carbons (Fsp3) is 0.706. The molecular weight excluding hydrogens is 380 g/mol. The van der Waals surface area contributed by atoms with Gasteiger partial charge >= 0.3 is 0 Å². The highest BCUT2D eigenvalue weighted by molar-refractivity contribution is 7.91. The van der Waals surface area contributed by atoms with Crippen LogP contribution in [0.5, 0.6) is 0 Å². The number of thiophene rings is 1. The molecule has 1 aromatic rings. The van der Waals surface area contributed by atoms with Gasteiger partial charge in [-0.05, 0) is 43.7 Å². The zero-order valence-electron chi connectivity index (χ0n) is 14.4. The number of sulfonamides is 1. The van der Waals surface area contributed by atoms with Crippen LogP contribution in [0.15, 0.2) is 16.3 Å². The molecule has 1 aromatic heterocycles. The van der Waals surface area contributed by atoms with Gasteiger partial charge in [0.05, 0.1) is 4.34 Å². The van der Waals surface area contributed by atoms with Crippen molar-refractivity contribution in [3.63, 3.8) is 0 Å². The average molecular weight is 405 g/mol. The van der Waals surface area contributed by atoms with Gasteiger partial charge in [0.25, 0.3) is 10.0 Å². The zero-order chi connectivity index (χ0) is 18.0. The minimum Gasteiger partial charge on any atom is -0.353 e. The van der Waals surface area contributed by atoms with Crippen molar-refractivity contribution in [3.05, 3.63) is 16.5 Å². The van der Waals surface area contributed by atoms with Crippen molar-refractivity contribution in [2.75, 3.05) is 13.1 Å². The molecule has 0 spiro atoms. The smallest absolute Gasteiger partial charge is 0.252 e. The van der Waals surface area contributed by atoms with Gasteiger partial charge in [0.1, 0.15) is 4.21 Å². The summed E-state index contributed by atoms with van der Waals surface area (Å²) >= 11 is 6.96. The number of amides is 1. The maximum absolute atomic E-state index is 12.6. The van der Waals surface area contributed by atoms with Crippen molar-refractivity contribution in [1.29, 1.82) is 0 Å². The number of halogens is 1. The number of hydrogen-bond acceptors (Lipinski definition) is 4. The second-order valence-electron chi connectivity index (χ2n) is 7.08. The zero-order valence-corrected chi connectivity index (χ0v) is 16.8. The fourth-order valence-corrected chi connectivity index (χ4v) is 6.90. The number of hydrogen-bond donors (Lipinski definition) is 1. The minimum atomic E-state index is -3.46. The lowest BCUT2D eigenvalue weighted by Crippen LogP contribution is -2.44. The molecule has 25 heavy (non-hydrogen) atoms. The van der Waals surface area contributed by atoms with Crippen LogP contribution in [0.3, 0.4) is 0 Å². The summed E-state index contributed by atoms with van der Waals surface area (Å²) in [6.45, 7) is 2.89. The summed E-state index contributed by atoms with van der Waals surface area (Å²) in [5.74, 6) is 0.291. The molecule has 140 valence electrons. The molecule has 1 saturated heterocycles. The van der Waals surface area contributed by atoms with Crippen LogP contribution < -0.4 is 5.32 Å². The molecule has 5 nitrogen and oxygen atoms in total. The average Bonchev–Trinajstić information content (AvgIpc) is 3.26. The number of carbonyl (C=O) groups is 1. The summed E-state index contributed by atoms with van der Waals surface area (Å²) in [4.78, 5) is 12.4. The summed E-state index contributed by atoms with van der Waals surface area (Å²) in [5, 5.41) is 3.16. The van der Waals surface area contributed by atoms with Crippen LogP contribution in [0.4, 0.5) is 0 Å². The minimum absolute atomic E-state index is 0.0679. The molecule has 1 aliphatic heterocycles. The van der Waals surface area contributed by atoms with Gasteiger partial charge in [-0.3, -0.25) is 4.79 Å². The van der Waals surface area contributed by atoms with Crippen LogP contribution in [-0.2, 0) is 14.8 Å². The normalized spacial score (nSPS) is 22.2. The highest BCUT2D eigenvalue weighted by atomic mass is 35.5. The highest BCUT2D eigenvalue weighted by Gasteiger charge is 2.34. The van der Waals surface area contributed by atoms with Crippen LogP contribution in [0.1, 0.15) is 45.4 Å². The molecule has 2 fully saturated rings. The predicted octanol–water partition coefficient (Wildman–Crippen LogP) is 3.50. The van der Waals surface area contributed by atoms with E-state index in [0.29, 0.717) is 27.7 Å². The molecule has 2 aliphatic rings. The quantitative estimate of drug-likeness (QED) is 0.816. The van der Waals surface area contributed by atoms with Gasteiger partial charge in [0, 0.05) is 25.0 Å². The van der Waals surface area contributed by atoms with Crippen LogP contribution >= 0.6 is 22.9 Å². The van der Waals surface area contributed by atoms with E-state index in [-0.39, 0.29) is 17.7 Å². The van der Waals surface area contributed by atoms with E-state index >= 15 is 0 Å². The van der Waals surface area contributed by atoms with Crippen molar-refractivity contribution < 1.29 is 13.2 Å². The second-order valence-corrected chi connectivity index (χ2v) is 11.0. The van der Waals surface area contributed by atoms with Crippen LogP contribution in [0.25, 0.3) is 0 Å². The first-order valence-corrected chi connectivity index (χ1v) is 11.6. The summed E-state index contributed by atoms with van der Waals surface area (Å²) in [7, 11) is -3.46. The number of rotatable bonds is 5. The van der Waals surface area contributed by atoms with Gasteiger partial charge < -0.3 is 5.32 Å². The molecule has 0 bridgehead atoms. The fourth-order valence-electron chi connectivity index (χ4n) is 3.80. The summed E-state index contributed by atoms with van der Waals surface area (Å²) in [5.41, 5.74) is 0. The van der Waals surface area contributed by atoms with E-state index in [1.54, 1.807) is 12.1 Å². The topological polar surface area (TPSA) is 66.5 Å². The van der Waals surface area contributed by atoms with E-state index in [4.69, 9.17) is 11.6 Å². The first kappa shape index (κ1) is 19.1. The second kappa shape index (κ2) is 7.94. The van der Waals surface area contributed by atoms with Gasteiger partial charge in [0.15, 0.2) is 0 Å². The maximum Gasteiger partial charge on any atom is 0.252 e. The van der Waals surface area contributed by atoms with Crippen molar-refractivity contribution in [2.45, 2.75) is 55.7 Å². The lowest BCUT2D eigenvalue weighted by molar-refractivity contribution is -0.127. The summed E-state index contributed by atoms with van der Waals surface area (Å²) in [6, 6.07) is 3.51. The third-order valence-corrected chi connectivity index (χ3v) is 9.06. The van der Waals surface area contributed by atoms with E-state index in [1.165, 1.54) is 17.1 Å². The number of nitrogens with one attached hydrogen (secondary N) is 1. The molecule has 0 aromatic carbocycles. The summed E-state index contributed by atoms with van der Waals surface area (Å²) < 4.78 is 27.6. The highest BCUT2D eigenvalue weighted by Crippen LogP contribution is 2.32. The molecule has 1 atom stereocenters. The Morgan fingerprint density at radius 3 is 2.44 bits per heavy atom. The van der Waals surface area contributed by atoms with Crippen LogP contribution in [0, 0.1) is 11.8 Å². The predicted molar refractivity (Wildman–Crippen MR) is 100 cm³/mol. The molecule has 1 N–H and O–H groups in total. The molecule has 1 aliphatic carbocycles. The molecule has 1 unspecified atom stereocenters. The van der Waals surface area contributed by atoms with Crippen LogP contribution in [0.2, 0.25) is 4.34 Å². The monoisotopic (exact) mass is 404 g/mol. The van der Waals surface area contributed by atoms with E-state index in [9.17, 15) is 13.2 Å². The maximum atomic E-state index is 12.6. The largest absolute Gasteiger partial charge is 0.353 e. The first-order valence-electron chi connectivity index (χ1n) is 8.94. The van der Waals surface area contributed by atoms with Crippen molar-refractivity contribution in [1.82, 2.24) is 9.62 Å². The molecule has 3 rings (SSSR count). The van der Waals surface area contributed by atoms with Gasteiger partial charge in [-0.1, -0.05) is 31.4 Å². The Kier molecular flexibility index (Phi) is 6.08. The lowest BCUT2D eigenvalue weighted by Gasteiger charge is -2.33. The van der Waals surface area contributed by atoms with Gasteiger partial charge in [0.2, 0.25) is 5.91 Å². The first-order chi connectivity index (χ1) is 11.9. The lowest BCUT2D eigenvalue weighted by atomic mass is 9.85. The van der Waals surface area contributed by atoms with Crippen molar-refractivity contribution >= 4 is 38.9 Å². The SMILES string of the molecule is CC(C(=O)NC1CCCC1)C1CCN(S(=O)(=O)c2ccc(Cl)s2)CC1. The molecular formula is C17H25ClN2O3S2. The van der Waals surface area contributed by atoms with Gasteiger partial charge in [-0.25, -0.2) is 8.42 Å². The Hall–Kier alpha value is -0.630. The molecule has 2 heterocycles. The Bertz CT molecular complexity index is 705. The molecule has 1 saturated carbocycles. The van der Waals surface area contributed by atoms with Crippen molar-refractivity contribution in [3.8, 4) is 0 Å². The van der Waals surface area contributed by atoms with Gasteiger partial charge in [-0.2, -0.15) is 4.31 Å². The Balaban J connectivity index is 1.55. The molecule has 0 radical (unpaired) electrons. The van der Waals surface area contributed by atoms with Crippen molar-refractivity contribution in [2.24, 2.45) is 11.8 Å². The standard InChI is InChI=1S/C17H25ClN2O3S2/c1-12(17(21)19-14-4-2-3-5-14)13-8-10-20(11-9-13)25(22,23)16-7-6-15(18)24-16/h6-7,12-14H,2-5,8-11H2,1H3,(H,19,21). The Morgan fingerprint density at radius 1 is 1.24 bits per heavy atom. The van der Waals surface area contributed by atoms with E-state index < -0.39 is 10.0 Å². The van der Waals surface area contributed by atoms with E-state index in [2.05, 4.69) is 5.32 Å². The number of nitrogens with zero attached hydrogens (tertiary/aromatic N) is 1. The van der Waals surface area contributed by atoms with E-state index in [0.717, 1.165) is 37.0 Å². The van der Waals surface area contributed by atoms with E-state index in [1.807, 2.05) is 6.92 Å².